The van der Waals surface area contributed by atoms with Crippen LogP contribution in [0.15, 0.2) is 60.7 Å². The topological polar surface area (TPSA) is 0 Å². The Kier molecular flexibility index (Phi) is 3.67. The quantitative estimate of drug-likeness (QED) is 0.432. The number of benzene rings is 2. The molecular weight excluding hydrogens is 222 g/mol. The molecule has 0 saturated heterocycles. The molecule has 17 heavy (non-hydrogen) atoms. The summed E-state index contributed by atoms with van der Waals surface area (Å²) >= 11 is 0. The molecule has 0 nitrogen and oxygen atoms in total. The zero-order chi connectivity index (χ0) is 12.1. The fourth-order valence-electron chi connectivity index (χ4n) is 2.19. The number of hydrogen-bond donors (Lipinski definition) is 0. The Bertz CT molecular complexity index is 474. The summed E-state index contributed by atoms with van der Waals surface area (Å²) in [5.41, 5.74) is 0. The SMILES string of the molecule is B[PH](CC#C)(c1ccccc1)c1ccccc1. The number of hydrogen-bond acceptors (Lipinski definition) is 0. The Morgan fingerprint density at radius 2 is 1.29 bits per heavy atom. The standard InChI is InChI=1S/C15H16BP/c1-2-13-17(16,14-9-5-3-6-10-14)15-11-7-4-8-12-15/h1,3-12,17H,13,16H2. The second kappa shape index (κ2) is 5.22. The van der Waals surface area contributed by atoms with Crippen molar-refractivity contribution in [3.8, 4) is 12.3 Å². The molecular formula is C15H16BP. The molecule has 0 atom stereocenters. The van der Waals surface area contributed by atoms with Gasteiger partial charge in [0.2, 0.25) is 0 Å². The monoisotopic (exact) mass is 238 g/mol. The van der Waals surface area contributed by atoms with Crippen LogP contribution in [0.1, 0.15) is 0 Å². The first-order chi connectivity index (χ1) is 8.27. The van der Waals surface area contributed by atoms with E-state index < -0.39 is 7.14 Å². The van der Waals surface area contributed by atoms with Crippen molar-refractivity contribution in [2.75, 3.05) is 6.16 Å². The van der Waals surface area contributed by atoms with Gasteiger partial charge in [0.1, 0.15) is 0 Å². The van der Waals surface area contributed by atoms with E-state index in [0.29, 0.717) is 0 Å². The van der Waals surface area contributed by atoms with Crippen molar-refractivity contribution in [2.24, 2.45) is 0 Å². The van der Waals surface area contributed by atoms with Gasteiger partial charge in [-0.1, -0.05) is 0 Å². The molecule has 0 radical (unpaired) electrons. The van der Waals surface area contributed by atoms with Crippen LogP contribution >= 0.6 is 7.14 Å². The molecule has 0 amide bonds. The summed E-state index contributed by atoms with van der Waals surface area (Å²) in [6, 6.07) is 21.3. The molecule has 0 aliphatic carbocycles. The van der Waals surface area contributed by atoms with Crippen molar-refractivity contribution in [3.05, 3.63) is 60.7 Å². The van der Waals surface area contributed by atoms with E-state index >= 15 is 0 Å². The maximum atomic E-state index is 5.57. The van der Waals surface area contributed by atoms with Crippen molar-refractivity contribution >= 4 is 25.3 Å². The van der Waals surface area contributed by atoms with Gasteiger partial charge in [-0.25, -0.2) is 0 Å². The molecule has 0 unspecified atom stereocenters. The summed E-state index contributed by atoms with van der Waals surface area (Å²) in [5.74, 6) is 2.87. The fourth-order valence-corrected chi connectivity index (χ4v) is 5.19. The van der Waals surface area contributed by atoms with E-state index in [0.717, 1.165) is 6.16 Å². The van der Waals surface area contributed by atoms with E-state index in [-0.39, 0.29) is 0 Å². The van der Waals surface area contributed by atoms with Gasteiger partial charge in [0.25, 0.3) is 0 Å². The molecule has 0 aliphatic heterocycles. The van der Waals surface area contributed by atoms with Crippen molar-refractivity contribution in [2.45, 2.75) is 0 Å². The van der Waals surface area contributed by atoms with Crippen LogP contribution in [-0.2, 0) is 0 Å². The number of rotatable bonds is 3. The van der Waals surface area contributed by atoms with E-state index in [1.54, 1.807) is 0 Å². The second-order valence-corrected chi connectivity index (χ2v) is 8.62. The first-order valence-electron chi connectivity index (χ1n) is 5.82. The summed E-state index contributed by atoms with van der Waals surface area (Å²) in [4.78, 5) is 0. The Balaban J connectivity index is 2.52. The van der Waals surface area contributed by atoms with Gasteiger partial charge < -0.3 is 0 Å². The van der Waals surface area contributed by atoms with E-state index in [9.17, 15) is 0 Å². The molecule has 2 heteroatoms. The van der Waals surface area contributed by atoms with Gasteiger partial charge in [-0.2, -0.15) is 0 Å². The second-order valence-electron chi connectivity index (χ2n) is 4.45. The van der Waals surface area contributed by atoms with E-state index in [1.807, 2.05) is 0 Å². The fraction of sp³-hybridized carbons (Fsp3) is 0.0667. The summed E-state index contributed by atoms with van der Waals surface area (Å²) in [7, 11) is 0.607. The van der Waals surface area contributed by atoms with Gasteiger partial charge in [0, 0.05) is 0 Å². The maximum absolute atomic E-state index is 5.57. The summed E-state index contributed by atoms with van der Waals surface area (Å²) in [6.45, 7) is 0. The van der Waals surface area contributed by atoms with Crippen molar-refractivity contribution in [1.82, 2.24) is 0 Å². The Hall–Kier alpha value is -1.51. The normalized spacial score (nSPS) is 11.7. The van der Waals surface area contributed by atoms with E-state index in [4.69, 9.17) is 6.42 Å². The molecule has 0 aromatic heterocycles. The van der Waals surface area contributed by atoms with Gasteiger partial charge in [0.15, 0.2) is 0 Å². The van der Waals surface area contributed by atoms with Gasteiger partial charge in [0.05, 0.1) is 0 Å². The van der Waals surface area contributed by atoms with E-state index in [2.05, 4.69) is 74.1 Å². The third kappa shape index (κ3) is 2.43. The molecule has 0 heterocycles. The molecule has 0 N–H and O–H groups in total. The number of terminal acetylenes is 1. The van der Waals surface area contributed by atoms with Gasteiger partial charge >= 0.3 is 104 Å². The van der Waals surface area contributed by atoms with Crippen LogP contribution in [-0.4, -0.2) is 13.7 Å². The molecule has 2 aromatic rings. The molecule has 0 fully saturated rings. The van der Waals surface area contributed by atoms with Crippen LogP contribution < -0.4 is 10.6 Å². The van der Waals surface area contributed by atoms with Crippen LogP contribution in [0.5, 0.6) is 0 Å². The van der Waals surface area contributed by atoms with Gasteiger partial charge in [-0.05, 0) is 0 Å². The minimum absolute atomic E-state index is 0.848. The summed E-state index contributed by atoms with van der Waals surface area (Å²) in [6.07, 6.45) is 6.42. The molecule has 0 aliphatic rings. The Morgan fingerprint density at radius 1 is 0.882 bits per heavy atom. The molecule has 2 aromatic carbocycles. The zero-order valence-electron chi connectivity index (χ0n) is 10.1. The Labute approximate surface area is 105 Å². The van der Waals surface area contributed by atoms with Gasteiger partial charge in [-0.3, -0.25) is 0 Å². The van der Waals surface area contributed by atoms with Crippen molar-refractivity contribution in [1.29, 1.82) is 0 Å². The van der Waals surface area contributed by atoms with Gasteiger partial charge in [-0.15, -0.1) is 0 Å². The first-order valence-corrected chi connectivity index (χ1v) is 8.52. The van der Waals surface area contributed by atoms with Crippen molar-refractivity contribution in [3.63, 3.8) is 0 Å². The molecule has 0 spiro atoms. The predicted molar refractivity (Wildman–Crippen MR) is 82.7 cm³/mol. The third-order valence-corrected chi connectivity index (χ3v) is 7.40. The zero-order valence-corrected chi connectivity index (χ0v) is 11.1. The van der Waals surface area contributed by atoms with Crippen LogP contribution in [0.4, 0.5) is 0 Å². The van der Waals surface area contributed by atoms with E-state index in [1.165, 1.54) is 10.6 Å². The molecule has 84 valence electrons. The van der Waals surface area contributed by atoms with Crippen LogP contribution in [0, 0.1) is 12.3 Å². The van der Waals surface area contributed by atoms with Crippen LogP contribution in [0.25, 0.3) is 0 Å². The molecule has 0 bridgehead atoms. The predicted octanol–water partition coefficient (Wildman–Crippen LogP) is 1.57. The average molecular weight is 238 g/mol. The molecule has 2 rings (SSSR count). The summed E-state index contributed by atoms with van der Waals surface area (Å²) < 4.78 is 0. The molecule has 0 saturated carbocycles. The minimum atomic E-state index is -1.74. The third-order valence-electron chi connectivity index (χ3n) is 3.28. The Morgan fingerprint density at radius 3 is 1.65 bits per heavy atom. The van der Waals surface area contributed by atoms with Crippen LogP contribution in [0.3, 0.4) is 0 Å². The first kappa shape index (κ1) is 12.0. The van der Waals surface area contributed by atoms with Crippen LogP contribution in [0.2, 0.25) is 0 Å². The summed E-state index contributed by atoms with van der Waals surface area (Å²) in [5, 5.41) is 2.81. The van der Waals surface area contributed by atoms with Crippen molar-refractivity contribution < 1.29 is 0 Å². The average Bonchev–Trinajstić information content (AvgIpc) is 2.41.